The normalized spacial score (nSPS) is 19.5. The van der Waals surface area contributed by atoms with Crippen LogP contribution in [0.2, 0.25) is 0 Å². The number of likely N-dealkylation sites (N-methyl/N-ethyl adjacent to an activating group) is 1. The van der Waals surface area contributed by atoms with Crippen LogP contribution in [0.25, 0.3) is 11.1 Å². The zero-order valence-electron chi connectivity index (χ0n) is 22.0. The smallest absolute Gasteiger partial charge is 0.248 e. The van der Waals surface area contributed by atoms with Crippen LogP contribution in [0.4, 0.5) is 5.95 Å². The highest BCUT2D eigenvalue weighted by Crippen LogP contribution is 2.37. The van der Waals surface area contributed by atoms with Crippen LogP contribution < -0.4 is 10.6 Å². The van der Waals surface area contributed by atoms with E-state index in [9.17, 15) is 9.59 Å². The molecule has 1 aromatic heterocycles. The first-order valence-electron chi connectivity index (χ1n) is 12.9. The number of aromatic nitrogens is 2. The lowest BCUT2D eigenvalue weighted by molar-refractivity contribution is -0.136. The Morgan fingerprint density at radius 1 is 1.08 bits per heavy atom. The minimum Gasteiger partial charge on any atom is -0.366 e. The van der Waals surface area contributed by atoms with Gasteiger partial charge in [-0.3, -0.25) is 14.5 Å². The number of piperidine rings is 2. The highest BCUT2D eigenvalue weighted by molar-refractivity contribution is 5.94. The highest BCUT2D eigenvalue weighted by atomic mass is 16.2. The standard InChI is InChI=1S/C27H39N7O2/c1-31(2)27-29-17-22(19-8-7-9-20(16-19)26(28)36)25(30-27)23-10-5-6-13-34(23)24(35)18-33(4)21-11-14-32(3)15-12-21/h7-9,16-17,21,23H,5-6,10-15,18H2,1-4H3,(H2,28,36). The number of likely N-dealkylation sites (tertiary alicyclic amines) is 2. The largest absolute Gasteiger partial charge is 0.366 e. The molecule has 1 atom stereocenters. The Labute approximate surface area is 214 Å². The summed E-state index contributed by atoms with van der Waals surface area (Å²) in [6, 6.07) is 7.52. The summed E-state index contributed by atoms with van der Waals surface area (Å²) >= 11 is 0. The maximum Gasteiger partial charge on any atom is 0.248 e. The lowest BCUT2D eigenvalue weighted by Gasteiger charge is -2.39. The van der Waals surface area contributed by atoms with Gasteiger partial charge in [0.05, 0.1) is 18.3 Å². The summed E-state index contributed by atoms with van der Waals surface area (Å²) in [7, 11) is 8.04. The molecule has 1 unspecified atom stereocenters. The molecule has 2 aliphatic rings. The number of rotatable bonds is 7. The number of nitrogens with zero attached hydrogens (tertiary/aromatic N) is 6. The van der Waals surface area contributed by atoms with E-state index in [2.05, 4.69) is 28.9 Å². The monoisotopic (exact) mass is 493 g/mol. The molecule has 0 bridgehead atoms. The predicted octanol–water partition coefficient (Wildman–Crippen LogP) is 2.39. The molecule has 2 aromatic rings. The molecule has 0 spiro atoms. The maximum absolute atomic E-state index is 13.7. The van der Waals surface area contributed by atoms with Crippen LogP contribution in [-0.4, -0.2) is 96.9 Å². The van der Waals surface area contributed by atoms with Crippen LogP contribution in [0.1, 0.15) is 54.2 Å². The van der Waals surface area contributed by atoms with Crippen LogP contribution >= 0.6 is 0 Å². The Kier molecular flexibility index (Phi) is 8.21. The Balaban J connectivity index is 1.65. The fourth-order valence-electron chi connectivity index (χ4n) is 5.30. The summed E-state index contributed by atoms with van der Waals surface area (Å²) in [4.78, 5) is 43.4. The average Bonchev–Trinajstić information content (AvgIpc) is 2.88. The summed E-state index contributed by atoms with van der Waals surface area (Å²) in [6.45, 7) is 3.25. The second kappa shape index (κ2) is 11.3. The van der Waals surface area contributed by atoms with Gasteiger partial charge in [0.25, 0.3) is 0 Å². The first kappa shape index (κ1) is 26.0. The number of hydrogen-bond donors (Lipinski definition) is 1. The van der Waals surface area contributed by atoms with Gasteiger partial charge in [-0.25, -0.2) is 9.97 Å². The molecule has 0 aliphatic carbocycles. The van der Waals surface area contributed by atoms with Gasteiger partial charge in [0.2, 0.25) is 17.8 Å². The molecule has 0 radical (unpaired) electrons. The van der Waals surface area contributed by atoms with Crippen molar-refractivity contribution in [3.63, 3.8) is 0 Å². The molecule has 2 aliphatic heterocycles. The average molecular weight is 494 g/mol. The fraction of sp³-hybridized carbons (Fsp3) is 0.556. The van der Waals surface area contributed by atoms with Crippen LogP contribution in [0.3, 0.4) is 0 Å². The van der Waals surface area contributed by atoms with E-state index in [-0.39, 0.29) is 11.9 Å². The Bertz CT molecular complexity index is 1080. The van der Waals surface area contributed by atoms with Crippen LogP contribution in [0.5, 0.6) is 0 Å². The SMILES string of the molecule is CN1CCC(N(C)CC(=O)N2CCCCC2c2nc(N(C)C)ncc2-c2cccc(C(N)=O)c2)CC1. The molecule has 0 saturated carbocycles. The van der Waals surface area contributed by atoms with E-state index in [4.69, 9.17) is 10.7 Å². The molecule has 9 nitrogen and oxygen atoms in total. The summed E-state index contributed by atoms with van der Waals surface area (Å²) in [6.07, 6.45) is 6.83. The van der Waals surface area contributed by atoms with Gasteiger partial charge in [-0.2, -0.15) is 0 Å². The summed E-state index contributed by atoms with van der Waals surface area (Å²) in [5.41, 5.74) is 8.46. The Morgan fingerprint density at radius 2 is 1.83 bits per heavy atom. The second-order valence-electron chi connectivity index (χ2n) is 10.4. The van der Waals surface area contributed by atoms with Gasteiger partial charge >= 0.3 is 0 Å². The molecule has 9 heteroatoms. The van der Waals surface area contributed by atoms with Crippen molar-refractivity contribution in [2.45, 2.75) is 44.2 Å². The summed E-state index contributed by atoms with van der Waals surface area (Å²) < 4.78 is 0. The topological polar surface area (TPSA) is 98.9 Å². The Morgan fingerprint density at radius 3 is 2.53 bits per heavy atom. The van der Waals surface area contributed by atoms with Crippen LogP contribution in [0, 0.1) is 0 Å². The molecular weight excluding hydrogens is 454 g/mol. The number of benzene rings is 1. The zero-order chi connectivity index (χ0) is 25.8. The van der Waals surface area contributed by atoms with E-state index in [1.807, 2.05) is 36.0 Å². The van der Waals surface area contributed by atoms with Gasteiger partial charge in [0, 0.05) is 44.0 Å². The summed E-state index contributed by atoms with van der Waals surface area (Å²) in [5.74, 6) is 0.264. The van der Waals surface area contributed by atoms with Gasteiger partial charge in [-0.1, -0.05) is 12.1 Å². The van der Waals surface area contributed by atoms with Crippen molar-refractivity contribution in [1.82, 2.24) is 24.7 Å². The second-order valence-corrected chi connectivity index (χ2v) is 10.4. The van der Waals surface area contributed by atoms with Crippen molar-refractivity contribution in [1.29, 1.82) is 0 Å². The molecule has 2 amide bonds. The molecule has 194 valence electrons. The molecule has 3 heterocycles. The third-order valence-electron chi connectivity index (χ3n) is 7.50. The van der Waals surface area contributed by atoms with E-state index in [1.54, 1.807) is 18.3 Å². The molecule has 4 rings (SSSR count). The number of carbonyl (C=O) groups is 2. The minimum absolute atomic E-state index is 0.142. The van der Waals surface area contributed by atoms with Gasteiger partial charge in [-0.15, -0.1) is 0 Å². The van der Waals surface area contributed by atoms with E-state index in [0.717, 1.165) is 62.0 Å². The first-order chi connectivity index (χ1) is 17.2. The number of hydrogen-bond acceptors (Lipinski definition) is 7. The van der Waals surface area contributed by atoms with Crippen molar-refractivity contribution in [2.75, 3.05) is 59.3 Å². The Hall–Kier alpha value is -3.04. The van der Waals surface area contributed by atoms with Gasteiger partial charge in [0.1, 0.15) is 0 Å². The lowest BCUT2D eigenvalue weighted by Crippen LogP contribution is -2.48. The van der Waals surface area contributed by atoms with Gasteiger partial charge in [-0.05, 0) is 77.0 Å². The molecule has 2 N–H and O–H groups in total. The van der Waals surface area contributed by atoms with Crippen molar-refractivity contribution in [3.05, 3.63) is 41.7 Å². The number of carbonyl (C=O) groups excluding carboxylic acids is 2. The zero-order valence-corrected chi connectivity index (χ0v) is 22.0. The first-order valence-corrected chi connectivity index (χ1v) is 12.9. The fourth-order valence-corrected chi connectivity index (χ4v) is 5.30. The third-order valence-corrected chi connectivity index (χ3v) is 7.50. The maximum atomic E-state index is 13.7. The van der Waals surface area contributed by atoms with Gasteiger partial charge in [0.15, 0.2) is 0 Å². The third kappa shape index (κ3) is 5.84. The van der Waals surface area contributed by atoms with Crippen molar-refractivity contribution in [2.24, 2.45) is 5.73 Å². The predicted molar refractivity (Wildman–Crippen MR) is 142 cm³/mol. The number of primary amides is 1. The number of anilines is 1. The molecule has 1 aromatic carbocycles. The van der Waals surface area contributed by atoms with Crippen LogP contribution in [0.15, 0.2) is 30.5 Å². The molecule has 2 saturated heterocycles. The van der Waals surface area contributed by atoms with Crippen molar-refractivity contribution >= 4 is 17.8 Å². The molecule has 2 fully saturated rings. The number of nitrogens with two attached hydrogens (primary N) is 1. The van der Waals surface area contributed by atoms with E-state index >= 15 is 0 Å². The highest BCUT2D eigenvalue weighted by Gasteiger charge is 2.33. The number of amides is 2. The van der Waals surface area contributed by atoms with E-state index < -0.39 is 5.91 Å². The summed E-state index contributed by atoms with van der Waals surface area (Å²) in [5, 5.41) is 0. The van der Waals surface area contributed by atoms with E-state index in [0.29, 0.717) is 30.6 Å². The van der Waals surface area contributed by atoms with Crippen molar-refractivity contribution < 1.29 is 9.59 Å². The molecular formula is C27H39N7O2. The van der Waals surface area contributed by atoms with Crippen LogP contribution in [-0.2, 0) is 4.79 Å². The van der Waals surface area contributed by atoms with E-state index in [1.165, 1.54) is 0 Å². The van der Waals surface area contributed by atoms with Gasteiger partial charge < -0.3 is 20.4 Å². The molecule has 36 heavy (non-hydrogen) atoms. The quantitative estimate of drug-likeness (QED) is 0.632. The lowest BCUT2D eigenvalue weighted by atomic mass is 9.93. The van der Waals surface area contributed by atoms with Crippen molar-refractivity contribution in [3.8, 4) is 11.1 Å². The minimum atomic E-state index is -0.476.